The number of rotatable bonds is 7. The number of hydrogen-bond donors (Lipinski definition) is 3. The van der Waals surface area contributed by atoms with Gasteiger partial charge >= 0.3 is 6.03 Å². The molecule has 2 amide bonds. The molecule has 9 heteroatoms. The van der Waals surface area contributed by atoms with E-state index >= 15 is 0 Å². The summed E-state index contributed by atoms with van der Waals surface area (Å²) in [6, 6.07) is 13.2. The Labute approximate surface area is 170 Å². The summed E-state index contributed by atoms with van der Waals surface area (Å²) in [4.78, 5) is 16.4. The van der Waals surface area contributed by atoms with E-state index in [1.54, 1.807) is 0 Å². The fourth-order valence-corrected chi connectivity index (χ4v) is 3.31. The number of nitrogens with zero attached hydrogens (tertiary/aromatic N) is 1. The molecule has 1 heterocycles. The fraction of sp³-hybridized carbons (Fsp3) is 0.158. The van der Waals surface area contributed by atoms with Crippen molar-refractivity contribution in [1.82, 2.24) is 4.98 Å². The highest BCUT2D eigenvalue weighted by atomic mass is 35.5. The van der Waals surface area contributed by atoms with Crippen LogP contribution in [-0.2, 0) is 11.3 Å². The molecule has 0 radical (unpaired) electrons. The van der Waals surface area contributed by atoms with Crippen molar-refractivity contribution < 1.29 is 19.7 Å². The van der Waals surface area contributed by atoms with Gasteiger partial charge in [0.25, 0.3) is 0 Å². The molecule has 3 rings (SSSR count). The van der Waals surface area contributed by atoms with Gasteiger partial charge in [-0.2, -0.15) is 0 Å². The number of ether oxygens (including phenoxy) is 1. The molecule has 0 fully saturated rings. The molecule has 0 aliphatic rings. The first kappa shape index (κ1) is 20.2. The minimum atomic E-state index is -0.548. The predicted octanol–water partition coefficient (Wildman–Crippen LogP) is 4.08. The second kappa shape index (κ2) is 9.61. The lowest BCUT2D eigenvalue weighted by atomic mass is 10.2. The number of carbonyl (C=O) groups is 1. The van der Waals surface area contributed by atoms with Crippen LogP contribution >= 0.6 is 22.9 Å². The van der Waals surface area contributed by atoms with Crippen molar-refractivity contribution in [3.05, 3.63) is 76.0 Å². The van der Waals surface area contributed by atoms with Crippen molar-refractivity contribution in [3.8, 4) is 0 Å². The van der Waals surface area contributed by atoms with E-state index in [4.69, 9.17) is 16.3 Å². The van der Waals surface area contributed by atoms with E-state index in [1.165, 1.54) is 29.5 Å². The number of hydrogen-bond acceptors (Lipinski definition) is 4. The lowest BCUT2D eigenvalue weighted by molar-refractivity contribution is -0.435. The van der Waals surface area contributed by atoms with Gasteiger partial charge in [-0.1, -0.05) is 41.9 Å². The molecule has 6 nitrogen and oxygen atoms in total. The first-order valence-corrected chi connectivity index (χ1v) is 9.70. The van der Waals surface area contributed by atoms with Gasteiger partial charge in [-0.25, -0.2) is 14.2 Å². The van der Waals surface area contributed by atoms with E-state index in [9.17, 15) is 9.18 Å². The quantitative estimate of drug-likeness (QED) is 0.536. The molecule has 3 aromatic rings. The van der Waals surface area contributed by atoms with Crippen LogP contribution in [0, 0.1) is 5.82 Å². The van der Waals surface area contributed by atoms with Crippen LogP contribution in [0.2, 0.25) is 5.02 Å². The third-order valence-corrected chi connectivity index (χ3v) is 4.83. The lowest BCUT2D eigenvalue weighted by Gasteiger charge is -2.08. The molecule has 0 spiro atoms. The van der Waals surface area contributed by atoms with Crippen LogP contribution in [0.3, 0.4) is 0 Å². The minimum absolute atomic E-state index is 0.0651. The van der Waals surface area contributed by atoms with E-state index in [2.05, 4.69) is 21.4 Å². The number of carbonyl (C=O) groups excluding carboxylic acids is 1. The summed E-state index contributed by atoms with van der Waals surface area (Å²) in [7, 11) is 0. The highest BCUT2D eigenvalue weighted by molar-refractivity contribution is 7.13. The fourth-order valence-electron chi connectivity index (χ4n) is 2.34. The number of halogens is 2. The highest BCUT2D eigenvalue weighted by Crippen LogP contribution is 2.21. The van der Waals surface area contributed by atoms with Crippen LogP contribution in [-0.4, -0.2) is 17.6 Å². The molecule has 0 aliphatic heterocycles. The van der Waals surface area contributed by atoms with Gasteiger partial charge in [-0.3, -0.25) is 5.32 Å². The topological polar surface area (TPSA) is 90.9 Å². The van der Waals surface area contributed by atoms with Crippen LogP contribution in [0.1, 0.15) is 17.3 Å². The SMILES string of the molecule is [NH3+][C@H](COCc1ccccc1)c1csc(NC(=O)Nc2ccc(F)c(Cl)c2)n1. The van der Waals surface area contributed by atoms with E-state index in [0.717, 1.165) is 11.3 Å². The van der Waals surface area contributed by atoms with E-state index in [0.29, 0.717) is 24.0 Å². The second-order valence-electron chi connectivity index (χ2n) is 5.98. The van der Waals surface area contributed by atoms with Gasteiger partial charge in [0.05, 0.1) is 11.6 Å². The van der Waals surface area contributed by atoms with Crippen molar-refractivity contribution in [2.24, 2.45) is 0 Å². The van der Waals surface area contributed by atoms with Gasteiger partial charge in [-0.15, -0.1) is 11.3 Å². The summed E-state index contributed by atoms with van der Waals surface area (Å²) >= 11 is 6.99. The van der Waals surface area contributed by atoms with Crippen molar-refractivity contribution >= 4 is 39.8 Å². The smallest absolute Gasteiger partial charge is 0.325 e. The van der Waals surface area contributed by atoms with Gasteiger partial charge in [0.2, 0.25) is 0 Å². The summed E-state index contributed by atoms with van der Waals surface area (Å²) in [5.74, 6) is -0.548. The number of benzene rings is 2. The Balaban J connectivity index is 1.48. The Kier molecular flexibility index (Phi) is 6.94. The molecule has 0 bridgehead atoms. The lowest BCUT2D eigenvalue weighted by Crippen LogP contribution is -2.55. The summed E-state index contributed by atoms with van der Waals surface area (Å²) in [5.41, 5.74) is 6.26. The predicted molar refractivity (Wildman–Crippen MR) is 108 cm³/mol. The van der Waals surface area contributed by atoms with Gasteiger partial charge in [0.15, 0.2) is 11.2 Å². The summed E-state index contributed by atoms with van der Waals surface area (Å²) in [6.45, 7) is 0.920. The highest BCUT2D eigenvalue weighted by Gasteiger charge is 2.15. The molecule has 0 saturated carbocycles. The van der Waals surface area contributed by atoms with Crippen molar-refractivity contribution in [2.45, 2.75) is 12.6 Å². The maximum Gasteiger partial charge on any atom is 0.325 e. The van der Waals surface area contributed by atoms with Crippen LogP contribution < -0.4 is 16.4 Å². The molecule has 1 atom stereocenters. The Morgan fingerprint density at radius 3 is 2.79 bits per heavy atom. The number of amides is 2. The third-order valence-electron chi connectivity index (χ3n) is 3.77. The van der Waals surface area contributed by atoms with E-state index < -0.39 is 11.8 Å². The molecular weight excluding hydrogens is 403 g/mol. The molecular formula is C19H19ClFN4O2S+. The van der Waals surface area contributed by atoms with Crippen molar-refractivity contribution in [3.63, 3.8) is 0 Å². The third kappa shape index (κ3) is 5.74. The monoisotopic (exact) mass is 421 g/mol. The Hall–Kier alpha value is -2.52. The molecule has 0 unspecified atom stereocenters. The Bertz CT molecular complexity index is 939. The molecule has 28 heavy (non-hydrogen) atoms. The molecule has 5 N–H and O–H groups in total. The Morgan fingerprint density at radius 1 is 1.25 bits per heavy atom. The zero-order valence-electron chi connectivity index (χ0n) is 14.8. The first-order chi connectivity index (χ1) is 13.5. The van der Waals surface area contributed by atoms with Crippen LogP contribution in [0.4, 0.5) is 20.0 Å². The van der Waals surface area contributed by atoms with Crippen molar-refractivity contribution in [1.29, 1.82) is 0 Å². The van der Waals surface area contributed by atoms with Gasteiger partial charge in [0.1, 0.15) is 18.1 Å². The normalized spacial score (nSPS) is 11.8. The standard InChI is InChI=1S/C19H18ClFN4O2S/c20-14-8-13(6-7-15(14)21)23-18(26)25-19-24-17(11-28-19)16(22)10-27-9-12-4-2-1-3-5-12/h1-8,11,16H,9-10,22H2,(H2,23,24,25,26)/p+1/t16-/m1/s1. The average molecular weight is 422 g/mol. The van der Waals surface area contributed by atoms with Crippen LogP contribution in [0.15, 0.2) is 53.9 Å². The maximum atomic E-state index is 13.2. The number of urea groups is 1. The number of thiazole rings is 1. The zero-order chi connectivity index (χ0) is 19.9. The summed E-state index contributed by atoms with van der Waals surface area (Å²) < 4.78 is 18.8. The summed E-state index contributed by atoms with van der Waals surface area (Å²) in [5, 5.41) is 7.40. The summed E-state index contributed by atoms with van der Waals surface area (Å²) in [6.07, 6.45) is 0. The van der Waals surface area contributed by atoms with Crippen molar-refractivity contribution in [2.75, 3.05) is 17.2 Å². The molecule has 146 valence electrons. The average Bonchev–Trinajstić information content (AvgIpc) is 3.14. The molecule has 1 aromatic heterocycles. The molecule has 2 aromatic carbocycles. The van der Waals surface area contributed by atoms with Gasteiger partial charge in [0, 0.05) is 11.1 Å². The maximum absolute atomic E-state index is 13.2. The Morgan fingerprint density at radius 2 is 2.04 bits per heavy atom. The van der Waals surface area contributed by atoms with Crippen LogP contribution in [0.5, 0.6) is 0 Å². The number of aromatic nitrogens is 1. The van der Waals surface area contributed by atoms with Gasteiger partial charge < -0.3 is 15.8 Å². The number of quaternary nitrogens is 1. The number of nitrogens with one attached hydrogen (secondary N) is 2. The zero-order valence-corrected chi connectivity index (χ0v) is 16.4. The van der Waals surface area contributed by atoms with E-state index in [1.807, 2.05) is 35.7 Å². The molecule has 0 saturated heterocycles. The van der Waals surface area contributed by atoms with Crippen LogP contribution in [0.25, 0.3) is 0 Å². The first-order valence-electron chi connectivity index (χ1n) is 8.44. The largest absolute Gasteiger partial charge is 0.370 e. The second-order valence-corrected chi connectivity index (χ2v) is 7.25. The van der Waals surface area contributed by atoms with Gasteiger partial charge in [-0.05, 0) is 23.8 Å². The minimum Gasteiger partial charge on any atom is -0.370 e. The molecule has 0 aliphatic carbocycles. The number of anilines is 2. The van der Waals surface area contributed by atoms with E-state index in [-0.39, 0.29) is 11.1 Å².